The van der Waals surface area contributed by atoms with Gasteiger partial charge in [-0.05, 0) is 6.42 Å². The van der Waals surface area contributed by atoms with Crippen molar-refractivity contribution < 1.29 is 14.0 Å². The number of unbranched alkanes of at least 4 members (excludes halogenated alkanes) is 4. The fourth-order valence-electron chi connectivity index (χ4n) is 1.21. The number of rotatable bonds is 8. The normalized spacial score (nSPS) is 11.5. The Labute approximate surface area is 94.0 Å². The van der Waals surface area contributed by atoms with Gasteiger partial charge < -0.3 is 4.74 Å². The van der Waals surface area contributed by atoms with Gasteiger partial charge >= 0.3 is 5.97 Å². The van der Waals surface area contributed by atoms with Crippen LogP contribution in [0, 0.1) is 0 Å². The lowest BCUT2D eigenvalue weighted by atomic mass is 10.1. The third kappa shape index (κ3) is 11.4. The maximum Gasteiger partial charge on any atom is 0.310 e. The van der Waals surface area contributed by atoms with Crippen LogP contribution in [0.3, 0.4) is 0 Å². The van der Waals surface area contributed by atoms with Crippen LogP contribution < -0.4 is 0 Å². The SMILES string of the molecule is CCCCCCCC(=O)OC[N+](C)(C)C. The van der Waals surface area contributed by atoms with Crippen LogP contribution in [0.25, 0.3) is 0 Å². The molecular formula is C12H26NO2+. The van der Waals surface area contributed by atoms with Crippen LogP contribution in [0.2, 0.25) is 0 Å². The summed E-state index contributed by atoms with van der Waals surface area (Å²) in [5, 5.41) is 0. The lowest BCUT2D eigenvalue weighted by Gasteiger charge is -2.22. The minimum atomic E-state index is -0.0560. The summed E-state index contributed by atoms with van der Waals surface area (Å²) in [6.07, 6.45) is 6.44. The summed E-state index contributed by atoms with van der Waals surface area (Å²) in [7, 11) is 6.03. The molecule has 15 heavy (non-hydrogen) atoms. The van der Waals surface area contributed by atoms with Crippen molar-refractivity contribution in [3.8, 4) is 0 Å². The number of esters is 1. The maximum absolute atomic E-state index is 11.3. The molecule has 0 aliphatic heterocycles. The van der Waals surface area contributed by atoms with Crippen molar-refractivity contribution in [1.82, 2.24) is 0 Å². The first-order valence-corrected chi connectivity index (χ1v) is 5.92. The fourth-order valence-corrected chi connectivity index (χ4v) is 1.21. The highest BCUT2D eigenvalue weighted by Gasteiger charge is 2.10. The van der Waals surface area contributed by atoms with E-state index in [2.05, 4.69) is 6.92 Å². The molecule has 3 nitrogen and oxygen atoms in total. The largest absolute Gasteiger partial charge is 0.415 e. The third-order valence-electron chi connectivity index (χ3n) is 2.10. The second kappa shape index (κ2) is 7.69. The molecule has 0 aliphatic rings. The summed E-state index contributed by atoms with van der Waals surface area (Å²) in [5.41, 5.74) is 0. The van der Waals surface area contributed by atoms with Gasteiger partial charge in [0.05, 0.1) is 21.1 Å². The van der Waals surface area contributed by atoms with Crippen molar-refractivity contribution in [2.24, 2.45) is 0 Å². The number of carbonyl (C=O) groups is 1. The van der Waals surface area contributed by atoms with Crippen LogP contribution in [-0.4, -0.2) is 38.3 Å². The van der Waals surface area contributed by atoms with E-state index in [0.717, 1.165) is 12.8 Å². The van der Waals surface area contributed by atoms with Gasteiger partial charge in [-0.3, -0.25) is 9.28 Å². The van der Waals surface area contributed by atoms with E-state index >= 15 is 0 Å². The minimum Gasteiger partial charge on any atom is -0.415 e. The Morgan fingerprint density at radius 1 is 1.07 bits per heavy atom. The molecule has 0 bridgehead atoms. The van der Waals surface area contributed by atoms with E-state index in [4.69, 9.17) is 4.74 Å². The van der Waals surface area contributed by atoms with Crippen molar-refractivity contribution in [2.45, 2.75) is 45.4 Å². The topological polar surface area (TPSA) is 26.3 Å². The van der Waals surface area contributed by atoms with Crippen LogP contribution in [0.15, 0.2) is 0 Å². The zero-order valence-corrected chi connectivity index (χ0v) is 10.7. The van der Waals surface area contributed by atoms with Crippen molar-refractivity contribution in [3.63, 3.8) is 0 Å². The highest BCUT2D eigenvalue weighted by molar-refractivity contribution is 5.69. The van der Waals surface area contributed by atoms with Crippen LogP contribution in [0.1, 0.15) is 45.4 Å². The number of hydrogen-bond acceptors (Lipinski definition) is 2. The van der Waals surface area contributed by atoms with Crippen molar-refractivity contribution in [3.05, 3.63) is 0 Å². The Balaban J connectivity index is 3.34. The second-order valence-corrected chi connectivity index (χ2v) is 5.10. The summed E-state index contributed by atoms with van der Waals surface area (Å²) in [6, 6.07) is 0. The summed E-state index contributed by atoms with van der Waals surface area (Å²) >= 11 is 0. The van der Waals surface area contributed by atoms with Crippen molar-refractivity contribution in [2.75, 3.05) is 27.9 Å². The van der Waals surface area contributed by atoms with Gasteiger partial charge in [-0.1, -0.05) is 32.6 Å². The van der Waals surface area contributed by atoms with E-state index < -0.39 is 0 Å². The predicted octanol–water partition coefficient (Wildman–Crippen LogP) is 2.55. The smallest absolute Gasteiger partial charge is 0.310 e. The van der Waals surface area contributed by atoms with Gasteiger partial charge in [0.25, 0.3) is 0 Å². The molecule has 0 rings (SSSR count). The third-order valence-corrected chi connectivity index (χ3v) is 2.10. The molecular weight excluding hydrogens is 190 g/mol. The standard InChI is InChI=1S/C12H26NO2/c1-5-6-7-8-9-10-12(14)15-11-13(2,3)4/h5-11H2,1-4H3/q+1. The van der Waals surface area contributed by atoms with E-state index in [1.165, 1.54) is 19.3 Å². The molecule has 0 spiro atoms. The summed E-state index contributed by atoms with van der Waals surface area (Å²) in [6.45, 7) is 2.66. The van der Waals surface area contributed by atoms with Gasteiger partial charge in [0.1, 0.15) is 0 Å². The highest BCUT2D eigenvalue weighted by atomic mass is 16.5. The highest BCUT2D eigenvalue weighted by Crippen LogP contribution is 2.06. The number of ether oxygens (including phenoxy) is 1. The molecule has 0 heterocycles. The molecule has 0 aromatic carbocycles. The van der Waals surface area contributed by atoms with E-state index in [1.54, 1.807) is 0 Å². The van der Waals surface area contributed by atoms with Gasteiger partial charge in [-0.25, -0.2) is 0 Å². The molecule has 0 saturated carbocycles. The molecule has 0 unspecified atom stereocenters. The fraction of sp³-hybridized carbons (Fsp3) is 0.917. The molecule has 0 atom stereocenters. The average molecular weight is 216 g/mol. The second-order valence-electron chi connectivity index (χ2n) is 5.10. The molecule has 3 heteroatoms. The van der Waals surface area contributed by atoms with Gasteiger partial charge in [0, 0.05) is 6.42 Å². The van der Waals surface area contributed by atoms with Gasteiger partial charge in [0.15, 0.2) is 0 Å². The number of carbonyl (C=O) groups excluding carboxylic acids is 1. The van der Waals surface area contributed by atoms with Crippen LogP contribution in [0.5, 0.6) is 0 Å². The quantitative estimate of drug-likeness (QED) is 0.270. The first-order chi connectivity index (χ1) is 6.95. The lowest BCUT2D eigenvalue weighted by Crippen LogP contribution is -2.37. The molecule has 0 aromatic rings. The summed E-state index contributed by atoms with van der Waals surface area (Å²) in [5.74, 6) is -0.0560. The lowest BCUT2D eigenvalue weighted by molar-refractivity contribution is -0.888. The number of nitrogens with zero attached hydrogens (tertiary/aromatic N) is 1. The van der Waals surface area contributed by atoms with Crippen LogP contribution in [0.4, 0.5) is 0 Å². The van der Waals surface area contributed by atoms with Gasteiger partial charge in [-0.15, -0.1) is 0 Å². The average Bonchev–Trinajstić information content (AvgIpc) is 2.13. The Bertz CT molecular complexity index is 173. The first-order valence-electron chi connectivity index (χ1n) is 5.92. The monoisotopic (exact) mass is 216 g/mol. The zero-order chi connectivity index (χ0) is 11.7. The molecule has 0 aliphatic carbocycles. The zero-order valence-electron chi connectivity index (χ0n) is 10.7. The molecule has 0 fully saturated rings. The van der Waals surface area contributed by atoms with Gasteiger partial charge in [-0.2, -0.15) is 0 Å². The summed E-state index contributed by atoms with van der Waals surface area (Å²) in [4.78, 5) is 11.3. The first kappa shape index (κ1) is 14.4. The number of hydrogen-bond donors (Lipinski definition) is 0. The Morgan fingerprint density at radius 3 is 2.20 bits per heavy atom. The minimum absolute atomic E-state index is 0.0560. The van der Waals surface area contributed by atoms with E-state index in [-0.39, 0.29) is 5.97 Å². The van der Waals surface area contributed by atoms with Gasteiger partial charge in [0.2, 0.25) is 6.73 Å². The van der Waals surface area contributed by atoms with Crippen molar-refractivity contribution >= 4 is 5.97 Å². The molecule has 0 amide bonds. The summed E-state index contributed by atoms with van der Waals surface area (Å²) < 4.78 is 5.81. The maximum atomic E-state index is 11.3. The Hall–Kier alpha value is -0.570. The van der Waals surface area contributed by atoms with Crippen LogP contribution >= 0.6 is 0 Å². The van der Waals surface area contributed by atoms with E-state index in [9.17, 15) is 4.79 Å². The van der Waals surface area contributed by atoms with Crippen LogP contribution in [-0.2, 0) is 9.53 Å². The Kier molecular flexibility index (Phi) is 7.39. The van der Waals surface area contributed by atoms with E-state index in [0.29, 0.717) is 17.6 Å². The van der Waals surface area contributed by atoms with Crippen molar-refractivity contribution in [1.29, 1.82) is 0 Å². The predicted molar refractivity (Wildman–Crippen MR) is 62.4 cm³/mol. The number of quaternary nitrogens is 1. The molecule has 0 saturated heterocycles. The molecule has 0 N–H and O–H groups in total. The Morgan fingerprint density at radius 2 is 1.67 bits per heavy atom. The molecule has 0 aromatic heterocycles. The molecule has 0 radical (unpaired) electrons. The molecule has 90 valence electrons. The van der Waals surface area contributed by atoms with E-state index in [1.807, 2.05) is 21.1 Å².